The van der Waals surface area contributed by atoms with Crippen LogP contribution >= 0.6 is 27.5 Å². The maximum atomic E-state index is 11.8. The summed E-state index contributed by atoms with van der Waals surface area (Å²) >= 11 is 8.91. The molecule has 0 heterocycles. The Labute approximate surface area is 97.6 Å². The molecule has 76 valence electrons. The topological polar surface area (TPSA) is 17.1 Å². The normalized spacial score (nSPS) is 12.5. The highest BCUT2D eigenvalue weighted by molar-refractivity contribution is 9.10. The molecule has 1 aromatic carbocycles. The number of benzene rings is 1. The van der Waals surface area contributed by atoms with E-state index in [0.29, 0.717) is 12.3 Å². The van der Waals surface area contributed by atoms with Crippen molar-refractivity contribution in [3.8, 4) is 0 Å². The van der Waals surface area contributed by atoms with Crippen LogP contribution in [0.3, 0.4) is 0 Å². The number of rotatable bonds is 4. The van der Waals surface area contributed by atoms with Crippen molar-refractivity contribution >= 4 is 33.3 Å². The van der Waals surface area contributed by atoms with Gasteiger partial charge in [0, 0.05) is 11.4 Å². The van der Waals surface area contributed by atoms with Crippen LogP contribution in [0.1, 0.15) is 22.3 Å². The highest BCUT2D eigenvalue weighted by Gasteiger charge is 2.15. The number of ketones is 1. The molecule has 0 saturated carbocycles. The Morgan fingerprint density at radius 1 is 1.57 bits per heavy atom. The molecule has 0 radical (unpaired) electrons. The van der Waals surface area contributed by atoms with Gasteiger partial charge < -0.3 is 0 Å². The summed E-state index contributed by atoms with van der Waals surface area (Å²) in [5.74, 6) is 0.599. The lowest BCUT2D eigenvalue weighted by molar-refractivity contribution is 0.0990. The summed E-state index contributed by atoms with van der Waals surface area (Å²) in [6.45, 7) is 1.97. The monoisotopic (exact) mass is 274 g/mol. The second kappa shape index (κ2) is 5.52. The quantitative estimate of drug-likeness (QED) is 0.606. The van der Waals surface area contributed by atoms with E-state index in [-0.39, 0.29) is 10.6 Å². The third-order valence-corrected chi connectivity index (χ3v) is 3.04. The Kier molecular flexibility index (Phi) is 4.63. The van der Waals surface area contributed by atoms with Gasteiger partial charge in [-0.2, -0.15) is 0 Å². The average Bonchev–Trinajstić information content (AvgIpc) is 2.17. The smallest absolute Gasteiger partial charge is 0.176 e. The fourth-order valence-electron chi connectivity index (χ4n) is 1.21. The van der Waals surface area contributed by atoms with E-state index < -0.39 is 0 Å². The number of aryl methyl sites for hydroxylation is 1. The van der Waals surface area contributed by atoms with E-state index in [1.54, 1.807) is 0 Å². The molecule has 1 unspecified atom stereocenters. The van der Waals surface area contributed by atoms with Gasteiger partial charge in [0.2, 0.25) is 0 Å². The number of carbonyl (C=O) groups excluding carboxylic acids is 1. The lowest BCUT2D eigenvalue weighted by Gasteiger charge is -2.07. The van der Waals surface area contributed by atoms with Crippen LogP contribution in [0.4, 0.5) is 0 Å². The standard InChI is InChI=1S/C11H12BrClO/c1-8-3-2-4-9(7-8)11(14)10(12)5-6-13/h2-4,7,10H,5-6H2,1H3. The Hall–Kier alpha value is -0.340. The zero-order chi connectivity index (χ0) is 10.6. The lowest BCUT2D eigenvalue weighted by atomic mass is 10.0. The van der Waals surface area contributed by atoms with Crippen LogP contribution in [-0.2, 0) is 0 Å². The van der Waals surface area contributed by atoms with E-state index in [0.717, 1.165) is 11.1 Å². The fourth-order valence-corrected chi connectivity index (χ4v) is 2.18. The number of carbonyl (C=O) groups is 1. The van der Waals surface area contributed by atoms with Crippen LogP contribution in [0.2, 0.25) is 0 Å². The van der Waals surface area contributed by atoms with Crippen molar-refractivity contribution in [2.24, 2.45) is 0 Å². The number of alkyl halides is 2. The molecule has 3 heteroatoms. The van der Waals surface area contributed by atoms with E-state index in [9.17, 15) is 4.79 Å². The number of Topliss-reactive ketones (excluding diaryl/α,β-unsaturated/α-hetero) is 1. The molecule has 1 rings (SSSR count). The molecular weight excluding hydrogens is 263 g/mol. The molecule has 0 fully saturated rings. The Morgan fingerprint density at radius 2 is 2.29 bits per heavy atom. The molecule has 1 aromatic rings. The summed E-state index contributed by atoms with van der Waals surface area (Å²) in [6.07, 6.45) is 0.661. The number of halogens is 2. The first kappa shape index (κ1) is 11.7. The Bertz CT molecular complexity index is 325. The van der Waals surface area contributed by atoms with Gasteiger partial charge in [-0.15, -0.1) is 11.6 Å². The van der Waals surface area contributed by atoms with E-state index in [4.69, 9.17) is 11.6 Å². The summed E-state index contributed by atoms with van der Waals surface area (Å²) in [6, 6.07) is 7.59. The molecule has 0 bridgehead atoms. The van der Waals surface area contributed by atoms with Crippen LogP contribution in [-0.4, -0.2) is 16.5 Å². The number of hydrogen-bond acceptors (Lipinski definition) is 1. The largest absolute Gasteiger partial charge is 0.293 e. The highest BCUT2D eigenvalue weighted by atomic mass is 79.9. The molecule has 0 aliphatic heterocycles. The van der Waals surface area contributed by atoms with Crippen LogP contribution in [0.25, 0.3) is 0 Å². The second-order valence-electron chi connectivity index (χ2n) is 3.18. The summed E-state index contributed by atoms with van der Waals surface area (Å²) in [4.78, 5) is 11.6. The molecule has 0 spiro atoms. The molecule has 0 amide bonds. The van der Waals surface area contributed by atoms with Gasteiger partial charge in [-0.25, -0.2) is 0 Å². The van der Waals surface area contributed by atoms with E-state index in [2.05, 4.69) is 15.9 Å². The van der Waals surface area contributed by atoms with Gasteiger partial charge in [0.25, 0.3) is 0 Å². The van der Waals surface area contributed by atoms with Gasteiger partial charge in [0.15, 0.2) is 5.78 Å². The van der Waals surface area contributed by atoms with Crippen molar-refractivity contribution in [2.75, 3.05) is 5.88 Å². The summed E-state index contributed by atoms with van der Waals surface area (Å²) in [7, 11) is 0. The van der Waals surface area contributed by atoms with Crippen molar-refractivity contribution in [1.82, 2.24) is 0 Å². The van der Waals surface area contributed by atoms with E-state index >= 15 is 0 Å². The third kappa shape index (κ3) is 3.10. The molecule has 0 saturated heterocycles. The molecular formula is C11H12BrClO. The summed E-state index contributed by atoms with van der Waals surface area (Å²) in [5.41, 5.74) is 1.85. The van der Waals surface area contributed by atoms with E-state index in [1.165, 1.54) is 0 Å². The Balaban J connectivity index is 2.78. The van der Waals surface area contributed by atoms with Crippen LogP contribution in [0.5, 0.6) is 0 Å². The SMILES string of the molecule is Cc1cccc(C(=O)C(Br)CCCl)c1. The van der Waals surface area contributed by atoms with Crippen molar-refractivity contribution in [3.05, 3.63) is 35.4 Å². The zero-order valence-corrected chi connectivity index (χ0v) is 10.3. The predicted octanol–water partition coefficient (Wildman–Crippen LogP) is 3.57. The van der Waals surface area contributed by atoms with Crippen molar-refractivity contribution in [3.63, 3.8) is 0 Å². The number of hydrogen-bond donors (Lipinski definition) is 0. The zero-order valence-electron chi connectivity index (χ0n) is 7.97. The van der Waals surface area contributed by atoms with Gasteiger partial charge in [-0.3, -0.25) is 4.79 Å². The van der Waals surface area contributed by atoms with Crippen molar-refractivity contribution in [2.45, 2.75) is 18.2 Å². The molecule has 0 aromatic heterocycles. The van der Waals surface area contributed by atoms with Crippen LogP contribution in [0.15, 0.2) is 24.3 Å². The molecule has 14 heavy (non-hydrogen) atoms. The van der Waals surface area contributed by atoms with Crippen molar-refractivity contribution in [1.29, 1.82) is 0 Å². The predicted molar refractivity (Wildman–Crippen MR) is 63.6 cm³/mol. The average molecular weight is 276 g/mol. The van der Waals surface area contributed by atoms with Gasteiger partial charge in [0.05, 0.1) is 4.83 Å². The van der Waals surface area contributed by atoms with Crippen LogP contribution < -0.4 is 0 Å². The minimum absolute atomic E-state index is 0.106. The first-order valence-electron chi connectivity index (χ1n) is 4.46. The van der Waals surface area contributed by atoms with E-state index in [1.807, 2.05) is 31.2 Å². The molecule has 1 atom stereocenters. The fraction of sp³-hybridized carbons (Fsp3) is 0.364. The van der Waals surface area contributed by atoms with Gasteiger partial charge in [-0.1, -0.05) is 39.7 Å². The molecule has 0 N–H and O–H groups in total. The molecule has 0 aliphatic carbocycles. The molecule has 0 aliphatic rings. The summed E-state index contributed by atoms with van der Waals surface area (Å²) < 4.78 is 0. The molecule has 1 nitrogen and oxygen atoms in total. The van der Waals surface area contributed by atoms with Gasteiger partial charge in [-0.05, 0) is 19.4 Å². The van der Waals surface area contributed by atoms with Crippen LogP contribution in [0, 0.1) is 6.92 Å². The van der Waals surface area contributed by atoms with Gasteiger partial charge >= 0.3 is 0 Å². The minimum Gasteiger partial charge on any atom is -0.293 e. The Morgan fingerprint density at radius 3 is 2.86 bits per heavy atom. The highest BCUT2D eigenvalue weighted by Crippen LogP contribution is 2.15. The maximum absolute atomic E-state index is 11.8. The first-order valence-corrected chi connectivity index (χ1v) is 5.91. The third-order valence-electron chi connectivity index (χ3n) is 1.95. The second-order valence-corrected chi connectivity index (χ2v) is 4.66. The first-order chi connectivity index (χ1) is 6.65. The lowest BCUT2D eigenvalue weighted by Crippen LogP contribution is -2.14. The minimum atomic E-state index is -0.165. The maximum Gasteiger partial charge on any atom is 0.176 e. The van der Waals surface area contributed by atoms with Crippen molar-refractivity contribution < 1.29 is 4.79 Å². The summed E-state index contributed by atoms with van der Waals surface area (Å²) in [5, 5.41) is 0. The van der Waals surface area contributed by atoms with Gasteiger partial charge in [0.1, 0.15) is 0 Å².